The Morgan fingerprint density at radius 2 is 1.77 bits per heavy atom. The van der Waals surface area contributed by atoms with E-state index in [1.54, 1.807) is 0 Å². The maximum Gasteiger partial charge on any atom is 0.224 e. The standard InChI is InChI=1S/C31H38Cl2FN3O2/c1-31(14-5-6-15-31)28(26-25(34)12-11-24(32)27(26)33)36-29(38)21-9-10-23(17-21)35-30(39)22-13-16-37(19-22)18-20-7-3-2-4-8-20/h2-4,7-8,11-12,21-23,28H,5-6,9-10,13-19H2,1H3,(H,35,39)(H,36,38)/t21-,22-,23+,28+/m0/s1. The van der Waals surface area contributed by atoms with Crippen LogP contribution in [0.4, 0.5) is 4.39 Å². The Kier molecular flexibility index (Phi) is 8.85. The Balaban J connectivity index is 1.18. The third-order valence-corrected chi connectivity index (χ3v) is 9.96. The SMILES string of the molecule is CC1([C@H](NC(=O)[C@H]2CC[C@@H](NC(=O)[C@H]3CCN(Cc4ccccc4)C3)C2)c2c(F)ccc(Cl)c2Cl)CCCC1. The van der Waals surface area contributed by atoms with Crippen molar-refractivity contribution in [3.8, 4) is 0 Å². The van der Waals surface area contributed by atoms with Gasteiger partial charge in [-0.3, -0.25) is 14.5 Å². The van der Waals surface area contributed by atoms with E-state index < -0.39 is 11.9 Å². The van der Waals surface area contributed by atoms with Crippen molar-refractivity contribution in [2.24, 2.45) is 17.3 Å². The van der Waals surface area contributed by atoms with E-state index in [2.05, 4.69) is 34.6 Å². The van der Waals surface area contributed by atoms with E-state index in [1.165, 1.54) is 17.7 Å². The number of hydrogen-bond donors (Lipinski definition) is 2. The molecule has 5 nitrogen and oxygen atoms in total. The largest absolute Gasteiger partial charge is 0.353 e. The van der Waals surface area contributed by atoms with Crippen LogP contribution in [0.5, 0.6) is 0 Å². The van der Waals surface area contributed by atoms with Crippen LogP contribution < -0.4 is 10.6 Å². The van der Waals surface area contributed by atoms with Gasteiger partial charge in [-0.15, -0.1) is 0 Å². The molecule has 5 rings (SSSR count). The molecule has 2 amide bonds. The van der Waals surface area contributed by atoms with Gasteiger partial charge in [-0.05, 0) is 68.2 Å². The average molecular weight is 575 g/mol. The molecular formula is C31H38Cl2FN3O2. The number of carbonyl (C=O) groups is 2. The van der Waals surface area contributed by atoms with Crippen LogP contribution in [0.2, 0.25) is 10.0 Å². The molecule has 2 aliphatic carbocycles. The van der Waals surface area contributed by atoms with Crippen LogP contribution >= 0.6 is 23.2 Å². The molecule has 39 heavy (non-hydrogen) atoms. The normalized spacial score (nSPS) is 25.5. The summed E-state index contributed by atoms with van der Waals surface area (Å²) in [6.07, 6.45) is 6.72. The van der Waals surface area contributed by atoms with Crippen LogP contribution in [0.1, 0.15) is 75.5 Å². The molecule has 3 aliphatic rings. The zero-order chi connectivity index (χ0) is 27.6. The molecule has 2 aromatic carbocycles. The van der Waals surface area contributed by atoms with Gasteiger partial charge in [-0.25, -0.2) is 4.39 Å². The van der Waals surface area contributed by atoms with E-state index in [0.717, 1.165) is 58.2 Å². The second-order valence-corrected chi connectivity index (χ2v) is 12.8. The molecule has 3 fully saturated rings. The summed E-state index contributed by atoms with van der Waals surface area (Å²) in [5.74, 6) is -0.726. The van der Waals surface area contributed by atoms with Crippen molar-refractivity contribution in [1.29, 1.82) is 0 Å². The van der Waals surface area contributed by atoms with Gasteiger partial charge in [0, 0.05) is 30.6 Å². The van der Waals surface area contributed by atoms with E-state index in [1.807, 2.05) is 18.2 Å². The monoisotopic (exact) mass is 573 g/mol. The fraction of sp³-hybridized carbons (Fsp3) is 0.548. The Hall–Kier alpha value is -2.15. The maximum absolute atomic E-state index is 15.1. The Morgan fingerprint density at radius 3 is 2.51 bits per heavy atom. The van der Waals surface area contributed by atoms with Crippen molar-refractivity contribution in [2.75, 3.05) is 13.1 Å². The molecule has 210 valence electrons. The second kappa shape index (κ2) is 12.2. The van der Waals surface area contributed by atoms with Gasteiger partial charge in [0.15, 0.2) is 0 Å². The van der Waals surface area contributed by atoms with Crippen molar-refractivity contribution >= 4 is 35.0 Å². The van der Waals surface area contributed by atoms with Gasteiger partial charge in [0.2, 0.25) is 11.8 Å². The quantitative estimate of drug-likeness (QED) is 0.346. The van der Waals surface area contributed by atoms with Gasteiger partial charge in [-0.2, -0.15) is 0 Å². The molecule has 2 N–H and O–H groups in total. The predicted molar refractivity (Wildman–Crippen MR) is 153 cm³/mol. The van der Waals surface area contributed by atoms with Crippen molar-refractivity contribution < 1.29 is 14.0 Å². The van der Waals surface area contributed by atoms with Crippen LogP contribution in [0.15, 0.2) is 42.5 Å². The van der Waals surface area contributed by atoms with Crippen LogP contribution in [-0.4, -0.2) is 35.8 Å². The molecule has 0 bridgehead atoms. The lowest BCUT2D eigenvalue weighted by atomic mass is 9.76. The molecule has 2 saturated carbocycles. The van der Waals surface area contributed by atoms with E-state index >= 15 is 4.39 Å². The highest BCUT2D eigenvalue weighted by Gasteiger charge is 2.43. The van der Waals surface area contributed by atoms with E-state index in [4.69, 9.17) is 23.2 Å². The summed E-state index contributed by atoms with van der Waals surface area (Å²) in [5, 5.41) is 6.86. The van der Waals surface area contributed by atoms with Crippen molar-refractivity contribution in [3.05, 3.63) is 69.5 Å². The number of hydrogen-bond acceptors (Lipinski definition) is 3. The van der Waals surface area contributed by atoms with Crippen molar-refractivity contribution in [2.45, 2.75) is 76.9 Å². The van der Waals surface area contributed by atoms with Crippen LogP contribution in [0.25, 0.3) is 0 Å². The van der Waals surface area contributed by atoms with Crippen molar-refractivity contribution in [1.82, 2.24) is 15.5 Å². The number of carbonyl (C=O) groups excluding carboxylic acids is 2. The third-order valence-electron chi connectivity index (χ3n) is 9.14. The first-order valence-corrected chi connectivity index (χ1v) is 15.0. The molecule has 0 aromatic heterocycles. The fourth-order valence-electron chi connectivity index (χ4n) is 6.84. The van der Waals surface area contributed by atoms with Crippen molar-refractivity contribution in [3.63, 3.8) is 0 Å². The molecule has 4 atom stereocenters. The highest BCUT2D eigenvalue weighted by molar-refractivity contribution is 6.42. The maximum atomic E-state index is 15.1. The number of nitrogens with one attached hydrogen (secondary N) is 2. The lowest BCUT2D eigenvalue weighted by molar-refractivity contribution is -0.127. The predicted octanol–water partition coefficient (Wildman–Crippen LogP) is 6.68. The highest BCUT2D eigenvalue weighted by atomic mass is 35.5. The average Bonchev–Trinajstić information content (AvgIpc) is 3.68. The van der Waals surface area contributed by atoms with Crippen LogP contribution in [0.3, 0.4) is 0 Å². The summed E-state index contributed by atoms with van der Waals surface area (Å²) in [4.78, 5) is 28.9. The van der Waals surface area contributed by atoms with E-state index in [9.17, 15) is 9.59 Å². The van der Waals surface area contributed by atoms with E-state index in [0.29, 0.717) is 12.8 Å². The summed E-state index contributed by atoms with van der Waals surface area (Å²) in [6.45, 7) is 4.62. The Morgan fingerprint density at radius 1 is 1.03 bits per heavy atom. The first kappa shape index (κ1) is 28.4. The first-order valence-electron chi connectivity index (χ1n) is 14.2. The van der Waals surface area contributed by atoms with Crippen LogP contribution in [0, 0.1) is 23.1 Å². The molecular weight excluding hydrogens is 536 g/mol. The number of likely N-dealkylation sites (tertiary alicyclic amines) is 1. The zero-order valence-corrected chi connectivity index (χ0v) is 24.0. The molecule has 2 aromatic rings. The summed E-state index contributed by atoms with van der Waals surface area (Å²) in [5.41, 5.74) is 1.24. The fourth-order valence-corrected chi connectivity index (χ4v) is 7.26. The van der Waals surface area contributed by atoms with Gasteiger partial charge in [0.1, 0.15) is 5.82 Å². The molecule has 8 heteroatoms. The number of halogens is 3. The Bertz CT molecular complexity index is 1190. The minimum Gasteiger partial charge on any atom is -0.353 e. The molecule has 1 aliphatic heterocycles. The van der Waals surface area contributed by atoms with Gasteiger partial charge >= 0.3 is 0 Å². The van der Waals surface area contributed by atoms with Gasteiger partial charge in [0.25, 0.3) is 0 Å². The van der Waals surface area contributed by atoms with Gasteiger partial charge in [0.05, 0.1) is 22.0 Å². The second-order valence-electron chi connectivity index (χ2n) is 12.0. The smallest absolute Gasteiger partial charge is 0.224 e. The lowest BCUT2D eigenvalue weighted by Gasteiger charge is -2.36. The molecule has 0 radical (unpaired) electrons. The van der Waals surface area contributed by atoms with Crippen LogP contribution in [-0.2, 0) is 16.1 Å². The van der Waals surface area contributed by atoms with E-state index in [-0.39, 0.29) is 50.7 Å². The number of rotatable bonds is 8. The number of benzene rings is 2. The summed E-state index contributed by atoms with van der Waals surface area (Å²) >= 11 is 12.8. The lowest BCUT2D eigenvalue weighted by Crippen LogP contribution is -2.42. The van der Waals surface area contributed by atoms with Gasteiger partial charge in [-0.1, -0.05) is 73.3 Å². The summed E-state index contributed by atoms with van der Waals surface area (Å²) in [6, 6.07) is 12.5. The first-order chi connectivity index (χ1) is 18.7. The molecule has 1 saturated heterocycles. The third kappa shape index (κ3) is 6.44. The zero-order valence-electron chi connectivity index (χ0n) is 22.5. The highest BCUT2D eigenvalue weighted by Crippen LogP contribution is 2.50. The topological polar surface area (TPSA) is 61.4 Å². The summed E-state index contributed by atoms with van der Waals surface area (Å²) < 4.78 is 15.1. The number of nitrogens with zero attached hydrogens (tertiary/aromatic N) is 1. The molecule has 1 heterocycles. The van der Waals surface area contributed by atoms with Gasteiger partial charge < -0.3 is 10.6 Å². The minimum atomic E-state index is -0.554. The minimum absolute atomic E-state index is 0.0246. The number of amides is 2. The molecule has 0 spiro atoms. The Labute approximate surface area is 240 Å². The summed E-state index contributed by atoms with van der Waals surface area (Å²) in [7, 11) is 0. The molecule has 0 unspecified atom stereocenters.